The Morgan fingerprint density at radius 2 is 1.33 bits per heavy atom. The second kappa shape index (κ2) is 19.4. The van der Waals surface area contributed by atoms with E-state index in [0.29, 0.717) is 15.4 Å². The van der Waals surface area contributed by atoms with Crippen LogP contribution in [0, 0.1) is 17.9 Å². The van der Waals surface area contributed by atoms with Crippen LogP contribution in [0.15, 0.2) is 47.1 Å². The summed E-state index contributed by atoms with van der Waals surface area (Å²) in [5, 5.41) is 1.49. The van der Waals surface area contributed by atoms with Crippen LogP contribution in [0.2, 0.25) is 6.55 Å². The molecule has 0 aliphatic heterocycles. The number of allylic oxidation sites excluding steroid dienone is 4. The SMILES string of the molecule is CC1=[C-]C(C)C(C)=C1C.C[SiH]c1ccccc1.[NH-]C(=O)C1CCCCCCCCCCC1.[Ti+2]. The van der Waals surface area contributed by atoms with Crippen molar-refractivity contribution in [2.75, 3.05) is 0 Å². The zero-order valence-corrected chi connectivity index (χ0v) is 24.5. The summed E-state index contributed by atoms with van der Waals surface area (Å²) >= 11 is 0. The van der Waals surface area contributed by atoms with Gasteiger partial charge in [0.15, 0.2) is 0 Å². The molecule has 0 aromatic heterocycles. The smallest absolute Gasteiger partial charge is 0.668 e. The molecule has 1 amide bonds. The molecule has 0 heterocycles. The molecular formula is C29H46NOSiTi. The number of benzene rings is 1. The van der Waals surface area contributed by atoms with Crippen molar-refractivity contribution < 1.29 is 26.5 Å². The number of hydrogen-bond acceptors (Lipinski definition) is 1. The van der Waals surface area contributed by atoms with Gasteiger partial charge in [-0.2, -0.15) is 11.1 Å². The molecule has 3 rings (SSSR count). The first-order valence-electron chi connectivity index (χ1n) is 12.7. The van der Waals surface area contributed by atoms with Crippen molar-refractivity contribution in [2.24, 2.45) is 11.8 Å². The third-order valence-electron chi connectivity index (χ3n) is 6.85. The first kappa shape index (κ1) is 32.1. The molecule has 181 valence electrons. The standard InChI is InChI=1S/C13H25NO.C9H13.C7H9Si.Ti/c14-13(15)12-10-8-6-4-2-1-3-5-7-9-11-12;1-6-5-7(2)9(4)8(6)3;1-8-7-5-3-2-4-6-7;/h12H,1-11H2,(H2,14,15);6H,1-4H3;2-6,8H,1H3;/q;-1;;+2/p-1. The number of amides is 1. The molecule has 1 unspecified atom stereocenters. The minimum atomic E-state index is -0.327. The van der Waals surface area contributed by atoms with Crippen molar-refractivity contribution in [1.82, 2.24) is 0 Å². The first-order valence-corrected chi connectivity index (χ1v) is 14.5. The molecule has 0 bridgehead atoms. The van der Waals surface area contributed by atoms with Crippen LogP contribution in [0.4, 0.5) is 0 Å². The maximum atomic E-state index is 11.1. The minimum absolute atomic E-state index is 0. The van der Waals surface area contributed by atoms with Crippen molar-refractivity contribution in [3.63, 3.8) is 0 Å². The van der Waals surface area contributed by atoms with Crippen molar-refractivity contribution in [1.29, 1.82) is 0 Å². The number of nitrogens with one attached hydrogen (secondary N) is 1. The summed E-state index contributed by atoms with van der Waals surface area (Å²) in [6.45, 7) is 10.9. The zero-order valence-electron chi connectivity index (χ0n) is 21.8. The van der Waals surface area contributed by atoms with Crippen molar-refractivity contribution in [3.05, 3.63) is 58.9 Å². The van der Waals surface area contributed by atoms with Gasteiger partial charge in [0, 0.05) is 5.92 Å². The predicted octanol–water partition coefficient (Wildman–Crippen LogP) is 8.00. The van der Waals surface area contributed by atoms with Gasteiger partial charge in [0.2, 0.25) is 0 Å². The van der Waals surface area contributed by atoms with E-state index in [1.54, 1.807) is 0 Å². The van der Waals surface area contributed by atoms with Crippen molar-refractivity contribution >= 4 is 20.6 Å². The maximum absolute atomic E-state index is 11.1. The van der Waals surface area contributed by atoms with Gasteiger partial charge in [0.1, 0.15) is 0 Å². The maximum Gasteiger partial charge on any atom is 2.00 e. The monoisotopic (exact) mass is 500 g/mol. The average Bonchev–Trinajstić information content (AvgIpc) is 3.00. The zero-order chi connectivity index (χ0) is 23.8. The molecule has 1 N–H and O–H groups in total. The van der Waals surface area contributed by atoms with Crippen LogP contribution >= 0.6 is 0 Å². The van der Waals surface area contributed by atoms with Crippen LogP contribution < -0.4 is 5.19 Å². The Morgan fingerprint density at radius 3 is 1.61 bits per heavy atom. The van der Waals surface area contributed by atoms with Crippen molar-refractivity contribution in [3.8, 4) is 0 Å². The van der Waals surface area contributed by atoms with Crippen LogP contribution in [0.1, 0.15) is 98.3 Å². The number of carbonyl (C=O) groups excluding carboxylic acids is 1. The van der Waals surface area contributed by atoms with Gasteiger partial charge in [-0.25, -0.2) is 5.57 Å². The molecular weight excluding hydrogens is 454 g/mol. The summed E-state index contributed by atoms with van der Waals surface area (Å²) in [5.74, 6) is 0.279. The van der Waals surface area contributed by atoms with Gasteiger partial charge in [-0.3, -0.25) is 6.08 Å². The van der Waals surface area contributed by atoms with Gasteiger partial charge in [-0.05, 0) is 12.8 Å². The van der Waals surface area contributed by atoms with Crippen LogP contribution in [-0.2, 0) is 26.5 Å². The Balaban J connectivity index is 0.000000489. The van der Waals surface area contributed by atoms with Gasteiger partial charge in [0.05, 0.1) is 15.4 Å². The molecule has 1 fully saturated rings. The fourth-order valence-electron chi connectivity index (χ4n) is 4.23. The van der Waals surface area contributed by atoms with E-state index in [4.69, 9.17) is 5.73 Å². The molecule has 2 aliphatic rings. The Labute approximate surface area is 222 Å². The molecule has 1 aromatic carbocycles. The number of hydrogen-bond donors (Lipinski definition) is 0. The van der Waals surface area contributed by atoms with E-state index in [1.807, 2.05) is 0 Å². The van der Waals surface area contributed by atoms with Crippen LogP contribution in [-0.4, -0.2) is 15.4 Å². The quantitative estimate of drug-likeness (QED) is 0.300. The summed E-state index contributed by atoms with van der Waals surface area (Å²) in [6, 6.07) is 10.6. The van der Waals surface area contributed by atoms with Gasteiger partial charge >= 0.3 is 21.7 Å². The van der Waals surface area contributed by atoms with Crippen LogP contribution in [0.3, 0.4) is 0 Å². The topological polar surface area (TPSA) is 40.9 Å². The van der Waals surface area contributed by atoms with E-state index in [-0.39, 0.29) is 33.5 Å². The second-order valence-electron chi connectivity index (χ2n) is 9.32. The van der Waals surface area contributed by atoms with Gasteiger partial charge in [0.25, 0.3) is 0 Å². The predicted molar refractivity (Wildman–Crippen MR) is 143 cm³/mol. The summed E-state index contributed by atoms with van der Waals surface area (Å²) in [6.07, 6.45) is 16.8. The van der Waals surface area contributed by atoms with Gasteiger partial charge < -0.3 is 10.5 Å². The molecule has 2 nitrogen and oxygen atoms in total. The Morgan fingerprint density at radius 1 is 0.879 bits per heavy atom. The number of carbonyl (C=O) groups is 1. The van der Waals surface area contributed by atoms with E-state index in [1.165, 1.54) is 66.9 Å². The number of rotatable bonds is 2. The Bertz CT molecular complexity index is 702. The molecule has 33 heavy (non-hydrogen) atoms. The van der Waals surface area contributed by atoms with Gasteiger partial charge in [-0.1, -0.05) is 127 Å². The minimum Gasteiger partial charge on any atom is -0.668 e. The third kappa shape index (κ3) is 14.2. The molecule has 2 aliphatic carbocycles. The molecule has 1 saturated carbocycles. The molecule has 0 saturated heterocycles. The van der Waals surface area contributed by atoms with E-state index in [9.17, 15) is 4.79 Å². The third-order valence-corrected chi connectivity index (χ3v) is 7.90. The van der Waals surface area contributed by atoms with Gasteiger partial charge in [-0.15, -0.1) is 6.92 Å². The fraction of sp³-hybridized carbons (Fsp3) is 0.621. The van der Waals surface area contributed by atoms with E-state index in [0.717, 1.165) is 25.7 Å². The van der Waals surface area contributed by atoms with Crippen LogP contribution in [0.5, 0.6) is 0 Å². The molecule has 1 atom stereocenters. The normalized spacial score (nSPS) is 19.9. The van der Waals surface area contributed by atoms with E-state index in [2.05, 4.69) is 70.6 Å². The largest absolute Gasteiger partial charge is 2.00 e. The molecule has 0 spiro atoms. The van der Waals surface area contributed by atoms with Crippen LogP contribution in [0.25, 0.3) is 5.73 Å². The summed E-state index contributed by atoms with van der Waals surface area (Å²) in [4.78, 5) is 11.1. The Kier molecular flexibility index (Phi) is 18.9. The second-order valence-corrected chi connectivity index (χ2v) is 10.6. The van der Waals surface area contributed by atoms with E-state index < -0.39 is 0 Å². The average molecular weight is 501 g/mol. The van der Waals surface area contributed by atoms with E-state index >= 15 is 0 Å². The Hall–Kier alpha value is -0.899. The first-order chi connectivity index (χ1) is 15.4. The fourth-order valence-corrected chi connectivity index (χ4v) is 4.84. The summed E-state index contributed by atoms with van der Waals surface area (Å²) in [7, 11) is 0.511. The van der Waals surface area contributed by atoms with Crippen molar-refractivity contribution in [2.45, 2.75) is 105 Å². The molecule has 1 radical (unpaired) electrons. The molecule has 1 aromatic rings. The summed E-state index contributed by atoms with van der Waals surface area (Å²) < 4.78 is 0. The summed E-state index contributed by atoms with van der Waals surface area (Å²) in [5.41, 5.74) is 11.5. The molecule has 4 heteroatoms.